The third kappa shape index (κ3) is 11.4. The minimum atomic E-state index is -1.45. The summed E-state index contributed by atoms with van der Waals surface area (Å²) in [5.74, 6) is -3.47. The summed E-state index contributed by atoms with van der Waals surface area (Å²) in [6.07, 6.45) is 2.46. The van der Waals surface area contributed by atoms with Gasteiger partial charge in [-0.05, 0) is 93.1 Å². The monoisotopic (exact) mass is 818 g/mol. The maximum Gasteiger partial charge on any atom is 0.249 e. The number of benzene rings is 3. The molecular weight excluding hydrogens is 765 g/mol. The molecule has 15 nitrogen and oxygen atoms in total. The van der Waals surface area contributed by atoms with Crippen molar-refractivity contribution < 1.29 is 34.2 Å². The number of carbonyl (C=O) groups is 5. The van der Waals surface area contributed by atoms with Crippen molar-refractivity contribution in [3.8, 4) is 28.7 Å². The summed E-state index contributed by atoms with van der Waals surface area (Å²) in [5, 5.41) is 41.4. The number of fused-ring (bicyclic) bond motifs is 5. The highest BCUT2D eigenvalue weighted by Crippen LogP contribution is 2.39. The number of phenols is 2. The van der Waals surface area contributed by atoms with E-state index in [-0.39, 0.29) is 59.7 Å². The van der Waals surface area contributed by atoms with E-state index in [1.165, 1.54) is 49.9 Å². The second-order valence-electron chi connectivity index (χ2n) is 15.2. The number of aliphatic imine (C=N–C) groups is 1. The predicted octanol–water partition coefficient (Wildman–Crippen LogP) is 3.45. The van der Waals surface area contributed by atoms with Crippen molar-refractivity contribution in [2.45, 2.75) is 78.0 Å². The lowest BCUT2D eigenvalue weighted by Gasteiger charge is -2.32. The Balaban J connectivity index is 1.71. The van der Waals surface area contributed by atoms with Crippen LogP contribution in [-0.2, 0) is 36.8 Å². The fourth-order valence-corrected chi connectivity index (χ4v) is 6.77. The van der Waals surface area contributed by atoms with E-state index in [0.717, 1.165) is 16.9 Å². The molecule has 0 saturated carbocycles. The predicted molar refractivity (Wildman–Crippen MR) is 228 cm³/mol. The van der Waals surface area contributed by atoms with Crippen LogP contribution in [0.3, 0.4) is 0 Å². The first-order chi connectivity index (χ1) is 28.5. The van der Waals surface area contributed by atoms with E-state index in [0.29, 0.717) is 22.9 Å². The number of phenolic OH excluding ortho intramolecular Hbond substituents is 2. The summed E-state index contributed by atoms with van der Waals surface area (Å²) < 4.78 is 0. The molecule has 1 aliphatic heterocycles. The molecule has 3 aromatic rings. The zero-order valence-corrected chi connectivity index (χ0v) is 34.8. The first kappa shape index (κ1) is 45.9. The number of likely N-dealkylation sites (N-methyl/N-ethyl adjacent to an activating group) is 1. The van der Waals surface area contributed by atoms with Gasteiger partial charge in [0.1, 0.15) is 42.2 Å². The molecule has 0 fully saturated rings. The molecular formula is C45H54N8O7. The van der Waals surface area contributed by atoms with Crippen LogP contribution in [0.1, 0.15) is 69.3 Å². The highest BCUT2D eigenvalue weighted by molar-refractivity contribution is 6.09. The van der Waals surface area contributed by atoms with E-state index in [1.54, 1.807) is 26.0 Å². The molecule has 0 radical (unpaired) electrons. The highest BCUT2D eigenvalue weighted by atomic mass is 16.3. The second-order valence-corrected chi connectivity index (χ2v) is 15.2. The minimum Gasteiger partial charge on any atom is -0.507 e. The van der Waals surface area contributed by atoms with Crippen molar-refractivity contribution in [2.24, 2.45) is 16.6 Å². The number of aromatic hydroxyl groups is 2. The zero-order chi connectivity index (χ0) is 44.3. The van der Waals surface area contributed by atoms with Crippen LogP contribution in [0.2, 0.25) is 0 Å². The molecule has 0 aliphatic carbocycles. The average molecular weight is 819 g/mol. The number of hydrogen-bond acceptors (Lipinski definition) is 10. The van der Waals surface area contributed by atoms with Gasteiger partial charge in [-0.2, -0.15) is 5.26 Å². The lowest BCUT2D eigenvalue weighted by molar-refractivity contribution is -0.142. The molecule has 0 spiro atoms. The van der Waals surface area contributed by atoms with Gasteiger partial charge in [0.15, 0.2) is 0 Å². The molecule has 1 aliphatic rings. The Kier molecular flexibility index (Phi) is 15.9. The van der Waals surface area contributed by atoms with Gasteiger partial charge in [0.25, 0.3) is 0 Å². The smallest absolute Gasteiger partial charge is 0.249 e. The number of carbonyl (C=O) groups excluding carboxylic acids is 5. The van der Waals surface area contributed by atoms with Crippen LogP contribution in [0.25, 0.3) is 11.1 Å². The number of amides is 5. The summed E-state index contributed by atoms with van der Waals surface area (Å²) in [4.78, 5) is 74.7. The standard InChI is InChI=1S/C45H54N8O7/c1-8-35(31-12-9-29(10-13-31)21-25(2)3)49-27(5)26(4)41(56)51-36(17-18-46)45(60)53(7)40-32-14-16-39(55)34(24-32)33-22-30(11-15-38(33)54)23-37(43(58)48-20-19-47)52-42(57)28(6)50-44(40)59/h8-16,22,24-25,28,36-37,40,54-55H,1,17-18,20-21,23,46H2,2-7H3,(H,48,58)(H,50,59)(H,51,56)(H,52,57)/b27-26+,49-35+/t28-,36-,37-,40-/m0/s1. The topological polar surface area (TPSA) is 239 Å². The first-order valence-electron chi connectivity index (χ1n) is 19.7. The van der Waals surface area contributed by atoms with Gasteiger partial charge in [-0.15, -0.1) is 0 Å². The lowest BCUT2D eigenvalue weighted by Crippen LogP contribution is -2.56. The first-order valence-corrected chi connectivity index (χ1v) is 19.7. The summed E-state index contributed by atoms with van der Waals surface area (Å²) in [6, 6.07) is 13.3. The normalized spacial score (nSPS) is 17.8. The number of nitrogens with zero attached hydrogens (tertiary/aromatic N) is 3. The quantitative estimate of drug-likeness (QED) is 0.0759. The van der Waals surface area contributed by atoms with Crippen molar-refractivity contribution in [1.29, 1.82) is 5.26 Å². The third-order valence-electron chi connectivity index (χ3n) is 10.2. The number of nitriles is 1. The van der Waals surface area contributed by atoms with Crippen LogP contribution < -0.4 is 27.0 Å². The Labute approximate surface area is 350 Å². The third-order valence-corrected chi connectivity index (χ3v) is 10.2. The van der Waals surface area contributed by atoms with Gasteiger partial charge in [0.05, 0.1) is 11.8 Å². The largest absolute Gasteiger partial charge is 0.507 e. The second kappa shape index (κ2) is 20.8. The van der Waals surface area contributed by atoms with Crippen LogP contribution in [0.15, 0.2) is 89.6 Å². The molecule has 0 unspecified atom stereocenters. The van der Waals surface area contributed by atoms with Gasteiger partial charge < -0.3 is 42.1 Å². The average Bonchev–Trinajstić information content (AvgIpc) is 3.21. The van der Waals surface area contributed by atoms with E-state index in [2.05, 4.69) is 46.7 Å². The number of nitrogens with two attached hydrogens (primary N) is 1. The molecule has 5 amide bonds. The fraction of sp³-hybridized carbons (Fsp3) is 0.356. The molecule has 0 saturated heterocycles. The van der Waals surface area contributed by atoms with Crippen LogP contribution in [-0.4, -0.2) is 88.6 Å². The summed E-state index contributed by atoms with van der Waals surface area (Å²) in [5.41, 5.74) is 10.0. The Morgan fingerprint density at radius 1 is 1.02 bits per heavy atom. The molecule has 0 aromatic heterocycles. The Morgan fingerprint density at radius 2 is 1.67 bits per heavy atom. The number of hydrogen-bond donors (Lipinski definition) is 7. The Bertz CT molecular complexity index is 2220. The van der Waals surface area contributed by atoms with E-state index in [4.69, 9.17) is 11.0 Å². The van der Waals surface area contributed by atoms with Crippen molar-refractivity contribution >= 4 is 35.2 Å². The number of nitrogens with one attached hydrogen (secondary N) is 4. The SMILES string of the molecule is C=C/C(=N\C(C)=C(/C)C(=O)N[C@@H](CCN)C(=O)N(C)[C@@H]1C(=O)N[C@@H](C)C(=O)N[C@H](C(=O)NCC#N)Cc2ccc(O)c(c2)-c2cc1ccc2O)c1ccc(CC(C)C)cc1. The van der Waals surface area contributed by atoms with Gasteiger partial charge in [0, 0.05) is 41.4 Å². The van der Waals surface area contributed by atoms with E-state index in [9.17, 15) is 34.2 Å². The lowest BCUT2D eigenvalue weighted by atomic mass is 9.93. The van der Waals surface area contributed by atoms with E-state index >= 15 is 0 Å². The van der Waals surface area contributed by atoms with Crippen LogP contribution in [0.4, 0.5) is 0 Å². The van der Waals surface area contributed by atoms with Gasteiger partial charge in [-0.1, -0.05) is 56.8 Å². The maximum atomic E-state index is 14.4. The highest BCUT2D eigenvalue weighted by Gasteiger charge is 2.36. The summed E-state index contributed by atoms with van der Waals surface area (Å²) in [6.45, 7) is 12.5. The van der Waals surface area contributed by atoms with Crippen LogP contribution in [0, 0.1) is 17.2 Å². The van der Waals surface area contributed by atoms with Crippen molar-refractivity contribution in [3.05, 3.63) is 107 Å². The van der Waals surface area contributed by atoms with Gasteiger partial charge >= 0.3 is 0 Å². The zero-order valence-electron chi connectivity index (χ0n) is 34.8. The molecule has 4 atom stereocenters. The number of rotatable bonds is 13. The van der Waals surface area contributed by atoms with Crippen LogP contribution >= 0.6 is 0 Å². The Hall–Kier alpha value is -6.79. The van der Waals surface area contributed by atoms with Crippen molar-refractivity contribution in [2.75, 3.05) is 20.1 Å². The molecule has 4 bridgehead atoms. The van der Waals surface area contributed by atoms with E-state index in [1.807, 2.05) is 30.3 Å². The van der Waals surface area contributed by atoms with Crippen molar-refractivity contribution in [1.82, 2.24) is 26.2 Å². The van der Waals surface area contributed by atoms with E-state index < -0.39 is 53.7 Å². The van der Waals surface area contributed by atoms with Gasteiger partial charge in [-0.25, -0.2) is 0 Å². The van der Waals surface area contributed by atoms with Crippen LogP contribution in [0.5, 0.6) is 11.5 Å². The molecule has 60 heavy (non-hydrogen) atoms. The summed E-state index contributed by atoms with van der Waals surface area (Å²) in [7, 11) is 1.36. The molecule has 4 rings (SSSR count). The summed E-state index contributed by atoms with van der Waals surface area (Å²) >= 11 is 0. The van der Waals surface area contributed by atoms with Gasteiger partial charge in [0.2, 0.25) is 29.5 Å². The fourth-order valence-electron chi connectivity index (χ4n) is 6.77. The molecule has 15 heteroatoms. The molecule has 1 heterocycles. The molecule has 3 aromatic carbocycles. The number of allylic oxidation sites excluding steroid dienone is 2. The minimum absolute atomic E-state index is 0.00492. The molecule has 8 N–H and O–H groups in total. The van der Waals surface area contributed by atoms with Gasteiger partial charge in [-0.3, -0.25) is 29.0 Å². The Morgan fingerprint density at radius 3 is 2.28 bits per heavy atom. The van der Waals surface area contributed by atoms with Crippen molar-refractivity contribution in [3.63, 3.8) is 0 Å². The molecule has 316 valence electrons. The maximum absolute atomic E-state index is 14.4.